The number of rotatable bonds is 3. The zero-order valence-electron chi connectivity index (χ0n) is 10.6. The predicted octanol–water partition coefficient (Wildman–Crippen LogP) is 4.65. The molecule has 1 heterocycles. The van der Waals surface area contributed by atoms with E-state index in [0.717, 1.165) is 26.8 Å². The Morgan fingerprint density at radius 3 is 2.50 bits per heavy atom. The fourth-order valence-corrected chi connectivity index (χ4v) is 2.78. The van der Waals surface area contributed by atoms with Gasteiger partial charge in [-0.15, -0.1) is 0 Å². The highest BCUT2D eigenvalue weighted by Gasteiger charge is 2.14. The maximum absolute atomic E-state index is 4.68. The molecule has 2 aromatic carbocycles. The zero-order chi connectivity index (χ0) is 13.9. The number of nitrogens with zero attached hydrogens (tertiary/aromatic N) is 2. The van der Waals surface area contributed by atoms with Crippen LogP contribution in [0.25, 0.3) is 0 Å². The van der Waals surface area contributed by atoms with E-state index in [2.05, 4.69) is 66.1 Å². The van der Waals surface area contributed by atoms with Crippen LogP contribution in [0.3, 0.4) is 0 Å². The molecule has 2 nitrogen and oxygen atoms in total. The lowest BCUT2D eigenvalue weighted by Gasteiger charge is -2.04. The molecule has 0 aromatic heterocycles. The average Bonchev–Trinajstić information content (AvgIpc) is 2.90. The van der Waals surface area contributed by atoms with Gasteiger partial charge in [-0.1, -0.05) is 56.1 Å². The van der Waals surface area contributed by atoms with Crippen molar-refractivity contribution in [3.8, 4) is 0 Å². The standard InChI is InChI=1S/C16H12Br2N2/c17-13-6-4-11(5-7-13)8-15-10-19-16(20-15)12-2-1-3-14(18)9-12/h1-7,9-10,15H,8H2. The Labute approximate surface area is 134 Å². The van der Waals surface area contributed by atoms with E-state index in [-0.39, 0.29) is 6.04 Å². The lowest BCUT2D eigenvalue weighted by atomic mass is 10.1. The molecule has 0 bridgehead atoms. The van der Waals surface area contributed by atoms with Gasteiger partial charge in [0, 0.05) is 20.7 Å². The van der Waals surface area contributed by atoms with Crippen LogP contribution < -0.4 is 0 Å². The summed E-state index contributed by atoms with van der Waals surface area (Å²) >= 11 is 6.92. The molecule has 1 aliphatic heterocycles. The highest BCUT2D eigenvalue weighted by atomic mass is 79.9. The van der Waals surface area contributed by atoms with E-state index >= 15 is 0 Å². The van der Waals surface area contributed by atoms with Crippen LogP contribution in [0.15, 0.2) is 67.5 Å². The fraction of sp³-hybridized carbons (Fsp3) is 0.125. The van der Waals surface area contributed by atoms with Crippen molar-refractivity contribution in [1.82, 2.24) is 0 Å². The number of benzene rings is 2. The molecule has 0 saturated heterocycles. The summed E-state index contributed by atoms with van der Waals surface area (Å²) in [5, 5.41) is 0. The summed E-state index contributed by atoms with van der Waals surface area (Å²) in [6.45, 7) is 0. The monoisotopic (exact) mass is 390 g/mol. The molecular weight excluding hydrogens is 380 g/mol. The normalized spacial score (nSPS) is 17.3. The van der Waals surface area contributed by atoms with E-state index in [1.54, 1.807) is 0 Å². The van der Waals surface area contributed by atoms with Crippen LogP contribution in [0, 0.1) is 0 Å². The van der Waals surface area contributed by atoms with Gasteiger partial charge in [0.15, 0.2) is 5.84 Å². The van der Waals surface area contributed by atoms with E-state index in [4.69, 9.17) is 0 Å². The summed E-state index contributed by atoms with van der Waals surface area (Å²) < 4.78 is 2.14. The number of amidine groups is 1. The van der Waals surface area contributed by atoms with Crippen molar-refractivity contribution in [2.45, 2.75) is 12.5 Å². The number of aliphatic imine (C=N–C) groups is 2. The van der Waals surface area contributed by atoms with Crippen LogP contribution in [-0.2, 0) is 6.42 Å². The smallest absolute Gasteiger partial charge is 0.154 e. The maximum atomic E-state index is 4.68. The van der Waals surface area contributed by atoms with E-state index in [1.807, 2.05) is 30.5 Å². The fourth-order valence-electron chi connectivity index (χ4n) is 2.12. The lowest BCUT2D eigenvalue weighted by Crippen LogP contribution is -2.07. The van der Waals surface area contributed by atoms with Gasteiger partial charge in [-0.2, -0.15) is 0 Å². The van der Waals surface area contributed by atoms with Gasteiger partial charge in [-0.25, -0.2) is 4.99 Å². The predicted molar refractivity (Wildman–Crippen MR) is 90.8 cm³/mol. The zero-order valence-corrected chi connectivity index (χ0v) is 13.8. The molecular formula is C16H12Br2N2. The summed E-state index contributed by atoms with van der Waals surface area (Å²) in [6, 6.07) is 16.5. The van der Waals surface area contributed by atoms with Crippen molar-refractivity contribution in [2.75, 3.05) is 0 Å². The Kier molecular flexibility index (Phi) is 4.13. The van der Waals surface area contributed by atoms with Crippen molar-refractivity contribution in [3.63, 3.8) is 0 Å². The summed E-state index contributed by atoms with van der Waals surface area (Å²) in [7, 11) is 0. The Hall–Kier alpha value is -1.26. The average molecular weight is 392 g/mol. The second-order valence-electron chi connectivity index (χ2n) is 4.64. The third-order valence-electron chi connectivity index (χ3n) is 3.10. The quantitative estimate of drug-likeness (QED) is 0.727. The van der Waals surface area contributed by atoms with Crippen molar-refractivity contribution in [1.29, 1.82) is 0 Å². The molecule has 0 radical (unpaired) electrons. The third kappa shape index (κ3) is 3.25. The minimum absolute atomic E-state index is 0.130. The van der Waals surface area contributed by atoms with Crippen molar-refractivity contribution < 1.29 is 0 Å². The van der Waals surface area contributed by atoms with E-state index < -0.39 is 0 Å². The summed E-state index contributed by atoms with van der Waals surface area (Å²) in [4.78, 5) is 9.12. The van der Waals surface area contributed by atoms with Crippen LogP contribution in [-0.4, -0.2) is 18.1 Å². The van der Waals surface area contributed by atoms with Crippen LogP contribution >= 0.6 is 31.9 Å². The van der Waals surface area contributed by atoms with E-state index in [1.165, 1.54) is 5.56 Å². The van der Waals surface area contributed by atoms with E-state index in [0.29, 0.717) is 0 Å². The molecule has 1 aliphatic rings. The molecule has 0 amide bonds. The van der Waals surface area contributed by atoms with Crippen molar-refractivity contribution in [3.05, 3.63) is 68.6 Å². The van der Waals surface area contributed by atoms with Gasteiger partial charge in [-0.05, 0) is 36.2 Å². The second kappa shape index (κ2) is 6.02. The molecule has 100 valence electrons. The van der Waals surface area contributed by atoms with Crippen LogP contribution in [0.5, 0.6) is 0 Å². The van der Waals surface area contributed by atoms with Gasteiger partial charge in [0.1, 0.15) is 0 Å². The lowest BCUT2D eigenvalue weighted by molar-refractivity contribution is 0.879. The molecule has 1 atom stereocenters. The molecule has 2 aromatic rings. The molecule has 0 saturated carbocycles. The highest BCUT2D eigenvalue weighted by Crippen LogP contribution is 2.18. The Bertz CT molecular complexity index is 675. The van der Waals surface area contributed by atoms with E-state index in [9.17, 15) is 0 Å². The van der Waals surface area contributed by atoms with Gasteiger partial charge < -0.3 is 0 Å². The Morgan fingerprint density at radius 2 is 1.75 bits per heavy atom. The SMILES string of the molecule is Brc1ccc(CC2C=NC(c3cccc(Br)c3)=N2)cc1. The van der Waals surface area contributed by atoms with Gasteiger partial charge in [0.2, 0.25) is 0 Å². The Morgan fingerprint density at radius 1 is 0.950 bits per heavy atom. The molecule has 3 rings (SSSR count). The first-order valence-electron chi connectivity index (χ1n) is 6.33. The van der Waals surface area contributed by atoms with Crippen molar-refractivity contribution >= 4 is 43.9 Å². The largest absolute Gasteiger partial charge is 0.257 e. The molecule has 0 N–H and O–H groups in total. The van der Waals surface area contributed by atoms with Crippen LogP contribution in [0.4, 0.5) is 0 Å². The van der Waals surface area contributed by atoms with Gasteiger partial charge in [-0.3, -0.25) is 4.99 Å². The minimum atomic E-state index is 0.130. The first-order chi connectivity index (χ1) is 9.70. The summed E-state index contributed by atoms with van der Waals surface area (Å²) in [5.74, 6) is 0.813. The summed E-state index contributed by atoms with van der Waals surface area (Å²) in [6.07, 6.45) is 2.81. The molecule has 0 fully saturated rings. The number of halogens is 2. The van der Waals surface area contributed by atoms with Gasteiger partial charge >= 0.3 is 0 Å². The molecule has 0 spiro atoms. The minimum Gasteiger partial charge on any atom is -0.257 e. The molecule has 1 unspecified atom stereocenters. The van der Waals surface area contributed by atoms with Gasteiger partial charge in [0.25, 0.3) is 0 Å². The molecule has 20 heavy (non-hydrogen) atoms. The van der Waals surface area contributed by atoms with Crippen LogP contribution in [0.2, 0.25) is 0 Å². The highest BCUT2D eigenvalue weighted by molar-refractivity contribution is 9.10. The number of hydrogen-bond acceptors (Lipinski definition) is 2. The maximum Gasteiger partial charge on any atom is 0.154 e. The molecule has 4 heteroatoms. The number of hydrogen-bond donors (Lipinski definition) is 0. The second-order valence-corrected chi connectivity index (χ2v) is 6.47. The first kappa shape index (κ1) is 13.7. The molecule has 0 aliphatic carbocycles. The first-order valence-corrected chi connectivity index (χ1v) is 7.92. The summed E-state index contributed by atoms with van der Waals surface area (Å²) in [5.41, 5.74) is 2.32. The Balaban J connectivity index is 1.75. The van der Waals surface area contributed by atoms with Gasteiger partial charge in [0.05, 0.1) is 6.04 Å². The topological polar surface area (TPSA) is 24.7 Å². The third-order valence-corrected chi connectivity index (χ3v) is 4.12. The van der Waals surface area contributed by atoms with Crippen LogP contribution in [0.1, 0.15) is 11.1 Å². The van der Waals surface area contributed by atoms with Crippen molar-refractivity contribution in [2.24, 2.45) is 9.98 Å².